The molecule has 0 aliphatic carbocycles. The van der Waals surface area contributed by atoms with Crippen molar-refractivity contribution in [3.63, 3.8) is 0 Å². The third-order valence-corrected chi connectivity index (χ3v) is 3.46. The Kier molecular flexibility index (Phi) is 4.27. The molecule has 1 aromatic heterocycles. The molecule has 1 heterocycles. The summed E-state index contributed by atoms with van der Waals surface area (Å²) in [6, 6.07) is 5.30. The van der Waals surface area contributed by atoms with Crippen molar-refractivity contribution in [1.29, 1.82) is 0 Å². The van der Waals surface area contributed by atoms with Crippen molar-refractivity contribution in [2.45, 2.75) is 19.9 Å². The highest BCUT2D eigenvalue weighted by Crippen LogP contribution is 2.22. The molecule has 0 saturated carbocycles. The fraction of sp³-hybridized carbons (Fsp3) is 0.231. The molecule has 0 fully saturated rings. The van der Waals surface area contributed by atoms with Crippen molar-refractivity contribution in [1.82, 2.24) is 9.78 Å². The summed E-state index contributed by atoms with van der Waals surface area (Å²) in [6.45, 7) is 4.04. The highest BCUT2D eigenvalue weighted by Gasteiger charge is 2.12. The molecule has 1 aromatic carbocycles. The fourth-order valence-electron chi connectivity index (χ4n) is 1.56. The Hall–Kier alpha value is -1.33. The van der Waals surface area contributed by atoms with Gasteiger partial charge in [-0.3, -0.25) is 9.48 Å². The van der Waals surface area contributed by atoms with Gasteiger partial charge in [0.1, 0.15) is 0 Å². The van der Waals surface area contributed by atoms with E-state index >= 15 is 0 Å². The summed E-state index contributed by atoms with van der Waals surface area (Å²) in [5, 5.41) is 7.55. The molecule has 0 aliphatic rings. The lowest BCUT2D eigenvalue weighted by Gasteiger charge is -2.06. The molecule has 100 valence electrons. The number of halogens is 2. The normalized spacial score (nSPS) is 10.8. The second-order valence-corrected chi connectivity index (χ2v) is 5.67. The molecule has 0 unspecified atom stereocenters. The van der Waals surface area contributed by atoms with Crippen LogP contribution in [0.3, 0.4) is 0 Å². The average Bonchev–Trinajstić information content (AvgIpc) is 2.77. The van der Waals surface area contributed by atoms with Gasteiger partial charge in [-0.15, -0.1) is 0 Å². The molecule has 0 bridgehead atoms. The number of rotatable bonds is 3. The molecule has 1 amide bonds. The maximum atomic E-state index is 12.1. The number of anilines is 1. The van der Waals surface area contributed by atoms with Crippen LogP contribution in [0.25, 0.3) is 0 Å². The minimum atomic E-state index is -0.202. The summed E-state index contributed by atoms with van der Waals surface area (Å²) in [5.74, 6) is -0.202. The SMILES string of the molecule is CC(C)n1cc(NC(=O)c2ccc(Cl)cc2Br)cn1. The van der Waals surface area contributed by atoms with Crippen LogP contribution in [0.1, 0.15) is 30.2 Å². The topological polar surface area (TPSA) is 46.9 Å². The summed E-state index contributed by atoms with van der Waals surface area (Å²) in [5.41, 5.74) is 1.20. The summed E-state index contributed by atoms with van der Waals surface area (Å²) < 4.78 is 2.45. The van der Waals surface area contributed by atoms with Gasteiger partial charge in [-0.05, 0) is 48.0 Å². The van der Waals surface area contributed by atoms with Gasteiger partial charge < -0.3 is 5.32 Å². The van der Waals surface area contributed by atoms with Gasteiger partial charge in [-0.1, -0.05) is 11.6 Å². The number of hydrogen-bond acceptors (Lipinski definition) is 2. The van der Waals surface area contributed by atoms with Gasteiger partial charge in [0.25, 0.3) is 5.91 Å². The molecule has 19 heavy (non-hydrogen) atoms. The van der Waals surface area contributed by atoms with Crippen LogP contribution in [0.15, 0.2) is 35.1 Å². The van der Waals surface area contributed by atoms with E-state index < -0.39 is 0 Å². The van der Waals surface area contributed by atoms with Gasteiger partial charge in [-0.25, -0.2) is 0 Å². The summed E-state index contributed by atoms with van der Waals surface area (Å²) >= 11 is 9.17. The van der Waals surface area contributed by atoms with Crippen LogP contribution in [-0.4, -0.2) is 15.7 Å². The highest BCUT2D eigenvalue weighted by atomic mass is 79.9. The van der Waals surface area contributed by atoms with Crippen LogP contribution in [0.4, 0.5) is 5.69 Å². The van der Waals surface area contributed by atoms with Crippen LogP contribution in [-0.2, 0) is 0 Å². The van der Waals surface area contributed by atoms with Crippen molar-refractivity contribution in [3.8, 4) is 0 Å². The number of aromatic nitrogens is 2. The van der Waals surface area contributed by atoms with Crippen molar-refractivity contribution >= 4 is 39.1 Å². The molecule has 0 atom stereocenters. The zero-order valence-corrected chi connectivity index (χ0v) is 12.9. The number of carbonyl (C=O) groups is 1. The molecular formula is C13H13BrClN3O. The Bertz CT molecular complexity index is 610. The standard InChI is InChI=1S/C13H13BrClN3O/c1-8(2)18-7-10(6-16-18)17-13(19)11-4-3-9(15)5-12(11)14/h3-8H,1-2H3,(H,17,19). The Morgan fingerprint density at radius 2 is 2.21 bits per heavy atom. The molecule has 6 heteroatoms. The zero-order chi connectivity index (χ0) is 14.0. The van der Waals surface area contributed by atoms with E-state index in [1.54, 1.807) is 35.3 Å². The minimum absolute atomic E-state index is 0.202. The average molecular weight is 343 g/mol. The molecule has 0 saturated heterocycles. The number of benzene rings is 1. The highest BCUT2D eigenvalue weighted by molar-refractivity contribution is 9.10. The van der Waals surface area contributed by atoms with Gasteiger partial charge in [0.15, 0.2) is 0 Å². The van der Waals surface area contributed by atoms with Crippen LogP contribution >= 0.6 is 27.5 Å². The monoisotopic (exact) mass is 341 g/mol. The molecule has 4 nitrogen and oxygen atoms in total. The van der Waals surface area contributed by atoms with Gasteiger partial charge >= 0.3 is 0 Å². The lowest BCUT2D eigenvalue weighted by molar-refractivity contribution is 0.102. The Balaban J connectivity index is 2.16. The van der Waals surface area contributed by atoms with E-state index in [4.69, 9.17) is 11.6 Å². The molecule has 1 N–H and O–H groups in total. The first-order valence-corrected chi connectivity index (χ1v) is 6.95. The molecular weight excluding hydrogens is 330 g/mol. The predicted octanol–water partition coefficient (Wildman–Crippen LogP) is 4.13. The molecule has 0 spiro atoms. The van der Waals surface area contributed by atoms with Crippen LogP contribution in [0.5, 0.6) is 0 Å². The van der Waals surface area contributed by atoms with Crippen molar-refractivity contribution < 1.29 is 4.79 Å². The Labute approximate surface area is 124 Å². The molecule has 0 aliphatic heterocycles. The Morgan fingerprint density at radius 3 is 2.79 bits per heavy atom. The number of carbonyl (C=O) groups excluding carboxylic acids is 1. The number of hydrogen-bond donors (Lipinski definition) is 1. The first-order valence-electron chi connectivity index (χ1n) is 5.78. The van der Waals surface area contributed by atoms with Crippen LogP contribution in [0, 0.1) is 0 Å². The first kappa shape index (κ1) is 14.1. The molecule has 2 aromatic rings. The predicted molar refractivity (Wildman–Crippen MR) is 79.7 cm³/mol. The third-order valence-electron chi connectivity index (χ3n) is 2.56. The van der Waals surface area contributed by atoms with Crippen molar-refractivity contribution in [2.75, 3.05) is 5.32 Å². The van der Waals surface area contributed by atoms with Crippen molar-refractivity contribution in [3.05, 3.63) is 45.7 Å². The zero-order valence-electron chi connectivity index (χ0n) is 10.5. The Morgan fingerprint density at radius 1 is 1.47 bits per heavy atom. The van der Waals surface area contributed by atoms with E-state index in [-0.39, 0.29) is 11.9 Å². The second kappa shape index (κ2) is 5.75. The number of nitrogens with one attached hydrogen (secondary N) is 1. The second-order valence-electron chi connectivity index (χ2n) is 4.38. The lowest BCUT2D eigenvalue weighted by Crippen LogP contribution is -2.12. The van der Waals surface area contributed by atoms with Gasteiger partial charge in [0, 0.05) is 21.7 Å². The third kappa shape index (κ3) is 3.36. The van der Waals surface area contributed by atoms with E-state index in [2.05, 4.69) is 26.3 Å². The van der Waals surface area contributed by atoms with E-state index in [1.807, 2.05) is 13.8 Å². The fourth-order valence-corrected chi connectivity index (χ4v) is 2.42. The van der Waals surface area contributed by atoms with Gasteiger partial charge in [0.2, 0.25) is 0 Å². The van der Waals surface area contributed by atoms with Gasteiger partial charge in [-0.2, -0.15) is 5.10 Å². The largest absolute Gasteiger partial charge is 0.319 e. The van der Waals surface area contributed by atoms with Crippen LogP contribution in [0.2, 0.25) is 5.02 Å². The van der Waals surface area contributed by atoms with Crippen LogP contribution < -0.4 is 5.32 Å². The van der Waals surface area contributed by atoms with E-state index in [0.717, 1.165) is 0 Å². The number of nitrogens with zero attached hydrogens (tertiary/aromatic N) is 2. The minimum Gasteiger partial charge on any atom is -0.319 e. The lowest BCUT2D eigenvalue weighted by atomic mass is 10.2. The number of amides is 1. The van der Waals surface area contributed by atoms with E-state index in [1.165, 1.54) is 0 Å². The summed E-state index contributed by atoms with van der Waals surface area (Å²) in [6.07, 6.45) is 3.42. The van der Waals surface area contributed by atoms with E-state index in [9.17, 15) is 4.79 Å². The van der Waals surface area contributed by atoms with E-state index in [0.29, 0.717) is 20.7 Å². The molecule has 0 radical (unpaired) electrons. The quantitative estimate of drug-likeness (QED) is 0.911. The smallest absolute Gasteiger partial charge is 0.256 e. The summed E-state index contributed by atoms with van der Waals surface area (Å²) in [4.78, 5) is 12.1. The summed E-state index contributed by atoms with van der Waals surface area (Å²) in [7, 11) is 0. The first-order chi connectivity index (χ1) is 8.97. The van der Waals surface area contributed by atoms with Gasteiger partial charge in [0.05, 0.1) is 17.4 Å². The van der Waals surface area contributed by atoms with Crippen molar-refractivity contribution in [2.24, 2.45) is 0 Å². The molecule has 2 rings (SSSR count). The maximum Gasteiger partial charge on any atom is 0.256 e. The maximum absolute atomic E-state index is 12.1.